The molecule has 0 spiro atoms. The first-order valence-electron chi connectivity index (χ1n) is 9.59. The van der Waals surface area contributed by atoms with Gasteiger partial charge < -0.3 is 0 Å². The van der Waals surface area contributed by atoms with Crippen LogP contribution < -0.4 is 15.9 Å². The molecule has 4 heteroatoms. The highest BCUT2D eigenvalue weighted by Gasteiger charge is 2.34. The van der Waals surface area contributed by atoms with Gasteiger partial charge >= 0.3 is 6.18 Å². The van der Waals surface area contributed by atoms with E-state index in [1.165, 1.54) is 6.07 Å². The summed E-state index contributed by atoms with van der Waals surface area (Å²) in [6.07, 6.45) is -4.42. The molecular formula is C26H20F3P. The lowest BCUT2D eigenvalue weighted by atomic mass is 10.1. The molecular weight excluding hydrogens is 400 g/mol. The number of alkyl halides is 3. The molecule has 0 aliphatic carbocycles. The SMILES string of the molecule is FC(F)(F)c1ccccc1C=P(c1ccccc1)(c1ccccc1)c1ccccc1. The van der Waals surface area contributed by atoms with Gasteiger partial charge in [-0.15, -0.1) is 0 Å². The van der Waals surface area contributed by atoms with Crippen LogP contribution in [0.3, 0.4) is 0 Å². The van der Waals surface area contributed by atoms with E-state index in [2.05, 4.69) is 0 Å². The van der Waals surface area contributed by atoms with Crippen molar-refractivity contribution >= 4 is 28.6 Å². The summed E-state index contributed by atoms with van der Waals surface area (Å²) >= 11 is 0. The maximum atomic E-state index is 13.8. The largest absolute Gasteiger partial charge is 0.416 e. The zero-order chi connectivity index (χ0) is 21.0. The summed E-state index contributed by atoms with van der Waals surface area (Å²) in [6, 6.07) is 35.4. The summed E-state index contributed by atoms with van der Waals surface area (Å²) in [4.78, 5) is 0. The summed E-state index contributed by atoms with van der Waals surface area (Å²) in [7, 11) is 0. The van der Waals surface area contributed by atoms with Crippen molar-refractivity contribution in [2.75, 3.05) is 0 Å². The fraction of sp³-hybridized carbons (Fsp3) is 0.0385. The fourth-order valence-corrected chi connectivity index (χ4v) is 7.65. The highest BCUT2D eigenvalue weighted by molar-refractivity contribution is 7.94. The van der Waals surface area contributed by atoms with E-state index in [0.29, 0.717) is 0 Å². The predicted octanol–water partition coefficient (Wildman–Crippen LogP) is 5.85. The molecule has 0 atom stereocenters. The standard InChI is InChI=1S/C26H20F3P/c27-26(28,29)25-19-11-10-12-21(25)20-30(22-13-4-1-5-14-22,23-15-6-2-7-16-23)24-17-8-3-9-18-24/h1-20H. The van der Waals surface area contributed by atoms with Gasteiger partial charge in [0.1, 0.15) is 0 Å². The van der Waals surface area contributed by atoms with E-state index < -0.39 is 18.6 Å². The Kier molecular flexibility index (Phi) is 5.65. The third-order valence-corrected chi connectivity index (χ3v) is 9.09. The Morgan fingerprint density at radius 1 is 0.500 bits per heavy atom. The first kappa shape index (κ1) is 20.3. The van der Waals surface area contributed by atoms with E-state index in [1.807, 2.05) is 96.8 Å². The maximum absolute atomic E-state index is 13.8. The van der Waals surface area contributed by atoms with Gasteiger partial charge in [-0.05, 0) is 40.2 Å². The van der Waals surface area contributed by atoms with Crippen molar-refractivity contribution in [2.24, 2.45) is 0 Å². The molecule has 4 rings (SSSR count). The van der Waals surface area contributed by atoms with E-state index in [4.69, 9.17) is 0 Å². The lowest BCUT2D eigenvalue weighted by Gasteiger charge is -2.29. The average Bonchev–Trinajstić information content (AvgIpc) is 2.79. The molecule has 0 nitrogen and oxygen atoms in total. The van der Waals surface area contributed by atoms with Crippen LogP contribution in [0.15, 0.2) is 115 Å². The topological polar surface area (TPSA) is 0 Å². The molecule has 4 aromatic carbocycles. The lowest BCUT2D eigenvalue weighted by Crippen LogP contribution is -2.27. The Morgan fingerprint density at radius 2 is 0.867 bits per heavy atom. The second-order valence-corrected chi connectivity index (χ2v) is 10.2. The number of rotatable bonds is 4. The lowest BCUT2D eigenvalue weighted by molar-refractivity contribution is -0.137. The number of benzene rings is 4. The number of halogens is 3. The first-order valence-corrected chi connectivity index (χ1v) is 11.5. The first-order chi connectivity index (χ1) is 14.5. The molecule has 0 fully saturated rings. The summed E-state index contributed by atoms with van der Waals surface area (Å²) in [5.41, 5.74) is -0.410. The highest BCUT2D eigenvalue weighted by atomic mass is 31.2. The van der Waals surface area contributed by atoms with Crippen molar-refractivity contribution in [1.82, 2.24) is 0 Å². The number of hydrogen-bond acceptors (Lipinski definition) is 0. The molecule has 150 valence electrons. The van der Waals surface area contributed by atoms with Crippen LogP contribution in [0, 0.1) is 0 Å². The molecule has 4 aromatic rings. The van der Waals surface area contributed by atoms with Crippen molar-refractivity contribution in [1.29, 1.82) is 0 Å². The van der Waals surface area contributed by atoms with Crippen molar-refractivity contribution < 1.29 is 13.2 Å². The Bertz CT molecular complexity index is 1060. The predicted molar refractivity (Wildman–Crippen MR) is 122 cm³/mol. The van der Waals surface area contributed by atoms with Gasteiger partial charge in [-0.25, -0.2) is 0 Å². The summed E-state index contributed by atoms with van der Waals surface area (Å²) < 4.78 is 41.5. The third-order valence-electron chi connectivity index (χ3n) is 5.09. The molecule has 0 aliphatic heterocycles. The van der Waals surface area contributed by atoms with Crippen molar-refractivity contribution in [3.63, 3.8) is 0 Å². The molecule has 0 aliphatic rings. The fourth-order valence-electron chi connectivity index (χ4n) is 3.74. The zero-order valence-electron chi connectivity index (χ0n) is 16.1. The molecule has 0 radical (unpaired) electrons. The van der Waals surface area contributed by atoms with E-state index in [1.54, 1.807) is 12.1 Å². The van der Waals surface area contributed by atoms with Crippen molar-refractivity contribution in [3.8, 4) is 0 Å². The quantitative estimate of drug-likeness (QED) is 0.364. The van der Waals surface area contributed by atoms with Crippen LogP contribution >= 0.6 is 6.89 Å². The normalized spacial score (nSPS) is 11.8. The Balaban J connectivity index is 2.16. The van der Waals surface area contributed by atoms with Crippen LogP contribution in [0.2, 0.25) is 0 Å². The van der Waals surface area contributed by atoms with Crippen LogP contribution in [0.25, 0.3) is 0 Å². The molecule has 0 aromatic heterocycles. The van der Waals surface area contributed by atoms with Gasteiger partial charge in [0.2, 0.25) is 0 Å². The van der Waals surface area contributed by atoms with Gasteiger partial charge in [0.25, 0.3) is 0 Å². The molecule has 0 heterocycles. The van der Waals surface area contributed by atoms with E-state index in [9.17, 15) is 13.2 Å². The Hall–Kier alpha value is -3.03. The van der Waals surface area contributed by atoms with E-state index >= 15 is 0 Å². The van der Waals surface area contributed by atoms with E-state index in [0.717, 1.165) is 22.0 Å². The van der Waals surface area contributed by atoms with Gasteiger partial charge in [0, 0.05) is 0 Å². The van der Waals surface area contributed by atoms with Crippen LogP contribution in [-0.4, -0.2) is 5.80 Å². The minimum Gasteiger partial charge on any atom is -0.166 e. The molecule has 0 saturated carbocycles. The minimum absolute atomic E-state index is 0.204. The molecule has 0 amide bonds. The van der Waals surface area contributed by atoms with Crippen LogP contribution in [0.5, 0.6) is 0 Å². The minimum atomic E-state index is -4.42. The molecule has 0 bridgehead atoms. The van der Waals surface area contributed by atoms with Crippen LogP contribution in [0.1, 0.15) is 11.1 Å². The second-order valence-electron chi connectivity index (χ2n) is 6.94. The molecule has 0 saturated heterocycles. The highest BCUT2D eigenvalue weighted by Crippen LogP contribution is 2.45. The van der Waals surface area contributed by atoms with Crippen LogP contribution in [-0.2, 0) is 6.18 Å². The van der Waals surface area contributed by atoms with Gasteiger partial charge in [0.05, 0.1) is 5.56 Å². The van der Waals surface area contributed by atoms with Gasteiger partial charge in [-0.1, -0.05) is 109 Å². The maximum Gasteiger partial charge on any atom is 0.416 e. The summed E-state index contributed by atoms with van der Waals surface area (Å²) in [6.45, 7) is -2.50. The average molecular weight is 420 g/mol. The summed E-state index contributed by atoms with van der Waals surface area (Å²) in [5, 5.41) is 3.04. The Morgan fingerprint density at radius 3 is 1.27 bits per heavy atom. The van der Waals surface area contributed by atoms with Gasteiger partial charge in [-0.2, -0.15) is 13.2 Å². The van der Waals surface area contributed by atoms with Crippen molar-refractivity contribution in [3.05, 3.63) is 126 Å². The molecule has 0 unspecified atom stereocenters. The van der Waals surface area contributed by atoms with Crippen LogP contribution in [0.4, 0.5) is 13.2 Å². The number of hydrogen-bond donors (Lipinski definition) is 0. The Labute approximate surface area is 174 Å². The third kappa shape index (κ3) is 3.86. The smallest absolute Gasteiger partial charge is 0.166 e. The zero-order valence-corrected chi connectivity index (χ0v) is 17.0. The van der Waals surface area contributed by atoms with Gasteiger partial charge in [-0.3, -0.25) is 0 Å². The van der Waals surface area contributed by atoms with Gasteiger partial charge in [0.15, 0.2) is 0 Å². The molecule has 30 heavy (non-hydrogen) atoms. The van der Waals surface area contributed by atoms with Crippen molar-refractivity contribution in [2.45, 2.75) is 6.18 Å². The van der Waals surface area contributed by atoms with E-state index in [-0.39, 0.29) is 5.56 Å². The summed E-state index contributed by atoms with van der Waals surface area (Å²) in [5.74, 6) is 1.86. The molecule has 0 N–H and O–H groups in total. The second kappa shape index (κ2) is 8.38. The monoisotopic (exact) mass is 420 g/mol.